The average Bonchev–Trinajstić information content (AvgIpc) is 2.26. The van der Waals surface area contributed by atoms with Gasteiger partial charge in [-0.15, -0.1) is 0 Å². The van der Waals surface area contributed by atoms with Crippen molar-refractivity contribution in [3.63, 3.8) is 0 Å². The first-order valence-electron chi connectivity index (χ1n) is 4.92. The smallest absolute Gasteiger partial charge is 0.161 e. The minimum Gasteiger partial charge on any atom is -0.294 e. The van der Waals surface area contributed by atoms with Gasteiger partial charge in [0.1, 0.15) is 0 Å². The van der Waals surface area contributed by atoms with Crippen LogP contribution in [-0.2, 0) is 11.2 Å². The molecule has 1 aromatic carbocycles. The number of ketones is 1. The van der Waals surface area contributed by atoms with Crippen LogP contribution in [0.15, 0.2) is 36.4 Å². The van der Waals surface area contributed by atoms with Gasteiger partial charge in [0.15, 0.2) is 5.78 Å². The Labute approximate surface area is 87.3 Å². The Balaban J connectivity index is 2.31. The van der Waals surface area contributed by atoms with E-state index in [-0.39, 0.29) is 5.78 Å². The van der Waals surface area contributed by atoms with Gasteiger partial charge in [0, 0.05) is 5.39 Å². The van der Waals surface area contributed by atoms with Crippen molar-refractivity contribution in [2.24, 2.45) is 0 Å². The Morgan fingerprint density at radius 2 is 2.00 bits per heavy atom. The van der Waals surface area contributed by atoms with Crippen LogP contribution in [0.5, 0.6) is 0 Å². The molecule has 3 rings (SSSR count). The molecule has 0 saturated carbocycles. The average molecular weight is 195 g/mol. The van der Waals surface area contributed by atoms with Crippen LogP contribution < -0.4 is 0 Å². The zero-order valence-corrected chi connectivity index (χ0v) is 8.10. The number of rotatable bonds is 0. The van der Waals surface area contributed by atoms with Gasteiger partial charge in [-0.1, -0.05) is 18.2 Å². The number of allylic oxidation sites excluding steroid dienone is 1. The lowest BCUT2D eigenvalue weighted by Crippen LogP contribution is -2.07. The van der Waals surface area contributed by atoms with Crippen LogP contribution in [0.2, 0.25) is 0 Å². The minimum atomic E-state index is 0.130. The summed E-state index contributed by atoms with van der Waals surface area (Å²) in [5.74, 6) is 0.130. The molecular weight excluding hydrogens is 186 g/mol. The molecule has 2 aromatic rings. The third-order valence-electron chi connectivity index (χ3n) is 2.63. The molecule has 72 valence electrons. The predicted octanol–water partition coefficient (Wildman–Crippen LogP) is 2.37. The van der Waals surface area contributed by atoms with Crippen molar-refractivity contribution in [2.75, 3.05) is 0 Å². The summed E-state index contributed by atoms with van der Waals surface area (Å²) >= 11 is 0. The Morgan fingerprint density at radius 1 is 1.13 bits per heavy atom. The maximum Gasteiger partial charge on any atom is 0.161 e. The molecule has 0 aliphatic heterocycles. The molecule has 0 N–H and O–H groups in total. The van der Waals surface area contributed by atoms with Crippen molar-refractivity contribution in [1.82, 2.24) is 4.98 Å². The van der Waals surface area contributed by atoms with Gasteiger partial charge in [0.2, 0.25) is 0 Å². The van der Waals surface area contributed by atoms with E-state index in [0.29, 0.717) is 6.42 Å². The fourth-order valence-corrected chi connectivity index (χ4v) is 1.86. The van der Waals surface area contributed by atoms with Gasteiger partial charge in [-0.3, -0.25) is 9.78 Å². The van der Waals surface area contributed by atoms with Crippen LogP contribution in [0.1, 0.15) is 11.3 Å². The lowest BCUT2D eigenvalue weighted by molar-refractivity contribution is -0.114. The molecule has 1 aliphatic rings. The highest BCUT2D eigenvalue weighted by Gasteiger charge is 2.12. The number of fused-ring (bicyclic) bond motifs is 2. The fourth-order valence-electron chi connectivity index (χ4n) is 1.86. The van der Waals surface area contributed by atoms with Gasteiger partial charge in [-0.25, -0.2) is 0 Å². The fraction of sp³-hybridized carbons (Fsp3) is 0.0769. The largest absolute Gasteiger partial charge is 0.294 e. The lowest BCUT2D eigenvalue weighted by Gasteiger charge is -2.09. The number of benzene rings is 1. The van der Waals surface area contributed by atoms with E-state index in [9.17, 15) is 4.79 Å². The first-order chi connectivity index (χ1) is 7.33. The number of carbonyl (C=O) groups is 1. The molecule has 2 heteroatoms. The molecule has 2 nitrogen and oxygen atoms in total. The van der Waals surface area contributed by atoms with E-state index in [1.165, 1.54) is 0 Å². The standard InChI is InChI=1S/C13H9NO/c15-11-6-5-10-7-9-3-1-2-4-12(9)14-13(10)8-11/h1-7H,8H2. The third kappa shape index (κ3) is 1.34. The molecule has 0 spiro atoms. The molecule has 1 heterocycles. The first kappa shape index (κ1) is 8.36. The van der Waals surface area contributed by atoms with Gasteiger partial charge >= 0.3 is 0 Å². The topological polar surface area (TPSA) is 30.0 Å². The molecule has 0 atom stereocenters. The second-order valence-electron chi connectivity index (χ2n) is 3.69. The maximum absolute atomic E-state index is 11.2. The molecule has 0 bridgehead atoms. The summed E-state index contributed by atoms with van der Waals surface area (Å²) < 4.78 is 0. The van der Waals surface area contributed by atoms with E-state index in [2.05, 4.69) is 11.1 Å². The SMILES string of the molecule is O=C1C=Cc2cc3ccccc3nc2C1. The Bertz CT molecular complexity index is 584. The van der Waals surface area contributed by atoms with Crippen molar-refractivity contribution in [1.29, 1.82) is 0 Å². The van der Waals surface area contributed by atoms with Gasteiger partial charge < -0.3 is 0 Å². The highest BCUT2D eigenvalue weighted by atomic mass is 16.1. The number of hydrogen-bond donors (Lipinski definition) is 0. The van der Waals surface area contributed by atoms with Gasteiger partial charge in [0.05, 0.1) is 17.6 Å². The van der Waals surface area contributed by atoms with E-state index in [1.54, 1.807) is 6.08 Å². The van der Waals surface area contributed by atoms with Crippen LogP contribution in [0.4, 0.5) is 0 Å². The van der Waals surface area contributed by atoms with Crippen molar-refractivity contribution in [3.05, 3.63) is 47.7 Å². The highest BCUT2D eigenvalue weighted by Crippen LogP contribution is 2.21. The molecule has 0 unspecified atom stereocenters. The number of nitrogens with zero attached hydrogens (tertiary/aromatic N) is 1. The van der Waals surface area contributed by atoms with Gasteiger partial charge in [-0.2, -0.15) is 0 Å². The summed E-state index contributed by atoms with van der Waals surface area (Å²) in [6.45, 7) is 0. The summed E-state index contributed by atoms with van der Waals surface area (Å²) in [5, 5.41) is 1.12. The second kappa shape index (κ2) is 3.02. The molecule has 1 aromatic heterocycles. The monoisotopic (exact) mass is 195 g/mol. The van der Waals surface area contributed by atoms with E-state index in [1.807, 2.05) is 30.3 Å². The van der Waals surface area contributed by atoms with Crippen molar-refractivity contribution in [3.8, 4) is 0 Å². The van der Waals surface area contributed by atoms with Gasteiger partial charge in [0.25, 0.3) is 0 Å². The zero-order valence-electron chi connectivity index (χ0n) is 8.10. The minimum absolute atomic E-state index is 0.130. The van der Waals surface area contributed by atoms with Crippen LogP contribution >= 0.6 is 0 Å². The summed E-state index contributed by atoms with van der Waals surface area (Å²) in [6.07, 6.45) is 3.90. The van der Waals surface area contributed by atoms with Crippen LogP contribution in [0, 0.1) is 0 Å². The third-order valence-corrected chi connectivity index (χ3v) is 2.63. The normalized spacial score (nSPS) is 14.3. The van der Waals surface area contributed by atoms with Crippen molar-refractivity contribution < 1.29 is 4.79 Å². The summed E-state index contributed by atoms with van der Waals surface area (Å²) in [6, 6.07) is 10.0. The van der Waals surface area contributed by atoms with E-state index in [4.69, 9.17) is 0 Å². The van der Waals surface area contributed by atoms with Crippen molar-refractivity contribution >= 4 is 22.8 Å². The molecule has 0 fully saturated rings. The summed E-state index contributed by atoms with van der Waals surface area (Å²) in [5.41, 5.74) is 2.91. The Kier molecular flexibility index (Phi) is 1.68. The van der Waals surface area contributed by atoms with Crippen LogP contribution in [0.3, 0.4) is 0 Å². The second-order valence-corrected chi connectivity index (χ2v) is 3.69. The number of carbonyl (C=O) groups excluding carboxylic acids is 1. The lowest BCUT2D eigenvalue weighted by atomic mass is 10.00. The van der Waals surface area contributed by atoms with Crippen LogP contribution in [-0.4, -0.2) is 10.8 Å². The molecule has 0 saturated heterocycles. The Hall–Kier alpha value is -1.96. The predicted molar refractivity (Wildman–Crippen MR) is 59.5 cm³/mol. The quantitative estimate of drug-likeness (QED) is 0.646. The molecular formula is C13H9NO. The molecule has 1 aliphatic carbocycles. The van der Waals surface area contributed by atoms with E-state index in [0.717, 1.165) is 22.2 Å². The summed E-state index contributed by atoms with van der Waals surface area (Å²) in [4.78, 5) is 15.7. The van der Waals surface area contributed by atoms with E-state index >= 15 is 0 Å². The highest BCUT2D eigenvalue weighted by molar-refractivity contribution is 5.99. The first-order valence-corrected chi connectivity index (χ1v) is 4.92. The molecule has 0 amide bonds. The van der Waals surface area contributed by atoms with E-state index < -0.39 is 0 Å². The Morgan fingerprint density at radius 3 is 2.93 bits per heavy atom. The number of hydrogen-bond acceptors (Lipinski definition) is 2. The molecule has 15 heavy (non-hydrogen) atoms. The van der Waals surface area contributed by atoms with Crippen LogP contribution in [0.25, 0.3) is 17.0 Å². The zero-order chi connectivity index (χ0) is 10.3. The number of aromatic nitrogens is 1. The number of para-hydroxylation sites is 1. The van der Waals surface area contributed by atoms with Crippen molar-refractivity contribution in [2.45, 2.75) is 6.42 Å². The maximum atomic E-state index is 11.2. The molecule has 0 radical (unpaired) electrons. The van der Waals surface area contributed by atoms with Gasteiger partial charge in [-0.05, 0) is 29.8 Å². The number of pyridine rings is 1. The summed E-state index contributed by atoms with van der Waals surface area (Å²) in [7, 11) is 0.